The molecular weight excluding hydrogens is 280 g/mol. The number of rotatable bonds is 4. The highest BCUT2D eigenvalue weighted by atomic mass is 79.9. The van der Waals surface area contributed by atoms with Crippen LogP contribution in [0.4, 0.5) is 4.39 Å². The molecule has 0 spiro atoms. The highest BCUT2D eigenvalue weighted by molar-refractivity contribution is 9.09. The van der Waals surface area contributed by atoms with E-state index in [1.165, 1.54) is 0 Å². The van der Waals surface area contributed by atoms with Crippen LogP contribution in [0.1, 0.15) is 12.5 Å². The van der Waals surface area contributed by atoms with Crippen molar-refractivity contribution >= 4 is 27.5 Å². The fourth-order valence-electron chi connectivity index (χ4n) is 1.46. The molecule has 84 valence electrons. The van der Waals surface area contributed by atoms with Crippen molar-refractivity contribution in [3.63, 3.8) is 0 Å². The second-order valence-electron chi connectivity index (χ2n) is 3.69. The Balaban J connectivity index is 2.68. The molecule has 0 radical (unpaired) electrons. The van der Waals surface area contributed by atoms with Crippen LogP contribution >= 0.6 is 27.5 Å². The zero-order valence-electron chi connectivity index (χ0n) is 8.80. The Bertz CT molecular complexity index is 330. The van der Waals surface area contributed by atoms with Crippen molar-refractivity contribution in [2.75, 3.05) is 13.6 Å². The van der Waals surface area contributed by atoms with Crippen molar-refractivity contribution in [1.82, 2.24) is 4.90 Å². The Morgan fingerprint density at radius 1 is 1.53 bits per heavy atom. The minimum Gasteiger partial charge on any atom is -0.301 e. The Kier molecular flexibility index (Phi) is 5.03. The van der Waals surface area contributed by atoms with Crippen LogP contribution in [0.2, 0.25) is 5.02 Å². The molecule has 1 unspecified atom stereocenters. The van der Waals surface area contributed by atoms with Gasteiger partial charge in [-0.3, -0.25) is 0 Å². The van der Waals surface area contributed by atoms with Crippen LogP contribution in [-0.4, -0.2) is 23.3 Å². The first-order chi connectivity index (χ1) is 7.00. The molecule has 0 aliphatic rings. The van der Waals surface area contributed by atoms with Gasteiger partial charge < -0.3 is 4.90 Å². The number of halogens is 3. The number of alkyl halides is 1. The summed E-state index contributed by atoms with van der Waals surface area (Å²) in [6, 6.07) is 5.09. The first-order valence-electron chi connectivity index (χ1n) is 4.76. The van der Waals surface area contributed by atoms with Gasteiger partial charge in [0.1, 0.15) is 5.82 Å². The van der Waals surface area contributed by atoms with E-state index in [1.807, 2.05) is 11.9 Å². The lowest BCUT2D eigenvalue weighted by Gasteiger charge is -2.18. The quantitative estimate of drug-likeness (QED) is 0.766. The van der Waals surface area contributed by atoms with E-state index >= 15 is 0 Å². The summed E-state index contributed by atoms with van der Waals surface area (Å²) in [5, 5.41) is 0.188. The largest absolute Gasteiger partial charge is 0.301 e. The summed E-state index contributed by atoms with van der Waals surface area (Å²) in [6.45, 7) is 3.50. The molecule has 1 aromatic rings. The van der Waals surface area contributed by atoms with Gasteiger partial charge in [-0.15, -0.1) is 0 Å². The minimum atomic E-state index is -0.312. The zero-order chi connectivity index (χ0) is 11.4. The monoisotopic (exact) mass is 293 g/mol. The van der Waals surface area contributed by atoms with Gasteiger partial charge >= 0.3 is 0 Å². The van der Waals surface area contributed by atoms with Crippen LogP contribution in [0.25, 0.3) is 0 Å². The van der Waals surface area contributed by atoms with Gasteiger partial charge in [-0.05, 0) is 13.1 Å². The van der Waals surface area contributed by atoms with Crippen LogP contribution in [0.5, 0.6) is 0 Å². The first kappa shape index (κ1) is 12.9. The van der Waals surface area contributed by atoms with Crippen LogP contribution in [0, 0.1) is 5.82 Å². The molecule has 0 fully saturated rings. The minimum absolute atomic E-state index is 0.188. The average Bonchev–Trinajstić information content (AvgIpc) is 2.11. The van der Waals surface area contributed by atoms with Gasteiger partial charge in [0, 0.05) is 23.5 Å². The summed E-state index contributed by atoms with van der Waals surface area (Å²) >= 11 is 9.16. The predicted octanol–water partition coefficient (Wildman–Crippen LogP) is 3.69. The third kappa shape index (κ3) is 4.09. The Morgan fingerprint density at radius 3 is 2.80 bits per heavy atom. The highest BCUT2D eigenvalue weighted by Gasteiger charge is 2.09. The van der Waals surface area contributed by atoms with Crippen molar-refractivity contribution in [1.29, 1.82) is 0 Å². The van der Waals surface area contributed by atoms with E-state index in [4.69, 9.17) is 11.6 Å². The second-order valence-corrected chi connectivity index (χ2v) is 5.66. The molecule has 1 aromatic carbocycles. The van der Waals surface area contributed by atoms with E-state index < -0.39 is 0 Å². The average molecular weight is 295 g/mol. The topological polar surface area (TPSA) is 3.24 Å². The molecular formula is C11H14BrClFN. The SMILES string of the molecule is CC(Br)CN(C)Cc1cccc(Cl)c1F. The number of hydrogen-bond acceptors (Lipinski definition) is 1. The fraction of sp³-hybridized carbons (Fsp3) is 0.455. The van der Waals surface area contributed by atoms with Crippen LogP contribution in [0.15, 0.2) is 18.2 Å². The maximum atomic E-state index is 13.5. The van der Waals surface area contributed by atoms with Gasteiger partial charge in [0.25, 0.3) is 0 Å². The molecule has 1 atom stereocenters. The summed E-state index contributed by atoms with van der Waals surface area (Å²) in [6.07, 6.45) is 0. The van der Waals surface area contributed by atoms with E-state index in [9.17, 15) is 4.39 Å². The predicted molar refractivity (Wildman–Crippen MR) is 66.1 cm³/mol. The molecule has 0 heterocycles. The Morgan fingerprint density at radius 2 is 2.20 bits per heavy atom. The third-order valence-electron chi connectivity index (χ3n) is 2.04. The molecule has 0 saturated carbocycles. The molecule has 1 rings (SSSR count). The Hall–Kier alpha value is -0.120. The Labute approximate surface area is 103 Å². The zero-order valence-corrected chi connectivity index (χ0v) is 11.1. The van der Waals surface area contributed by atoms with Crippen molar-refractivity contribution in [3.05, 3.63) is 34.6 Å². The highest BCUT2D eigenvalue weighted by Crippen LogP contribution is 2.19. The number of nitrogens with zero attached hydrogens (tertiary/aromatic N) is 1. The molecule has 0 aliphatic carbocycles. The molecule has 1 nitrogen and oxygen atoms in total. The lowest BCUT2D eigenvalue weighted by Crippen LogP contribution is -2.24. The van der Waals surface area contributed by atoms with Gasteiger partial charge in [-0.1, -0.05) is 46.6 Å². The van der Waals surface area contributed by atoms with Crippen molar-refractivity contribution < 1.29 is 4.39 Å². The van der Waals surface area contributed by atoms with Gasteiger partial charge in [0.2, 0.25) is 0 Å². The smallest absolute Gasteiger partial charge is 0.146 e. The maximum absolute atomic E-state index is 13.5. The molecule has 0 amide bonds. The molecule has 0 saturated heterocycles. The summed E-state index contributed by atoms with van der Waals surface area (Å²) in [7, 11) is 1.96. The third-order valence-corrected chi connectivity index (χ3v) is 2.62. The molecule has 0 aliphatic heterocycles. The summed E-state index contributed by atoms with van der Waals surface area (Å²) < 4.78 is 13.5. The molecule has 0 bridgehead atoms. The standard InChI is InChI=1S/C11H14BrClFN/c1-8(12)6-15(2)7-9-4-3-5-10(13)11(9)14/h3-5,8H,6-7H2,1-2H3. The normalized spacial score (nSPS) is 13.2. The number of benzene rings is 1. The number of hydrogen-bond donors (Lipinski definition) is 0. The van der Waals surface area contributed by atoms with E-state index in [0.29, 0.717) is 16.9 Å². The van der Waals surface area contributed by atoms with E-state index in [0.717, 1.165) is 6.54 Å². The molecule has 4 heteroatoms. The van der Waals surface area contributed by atoms with Gasteiger partial charge in [-0.2, -0.15) is 0 Å². The van der Waals surface area contributed by atoms with E-state index in [1.54, 1.807) is 18.2 Å². The van der Waals surface area contributed by atoms with Gasteiger partial charge in [0.15, 0.2) is 0 Å². The summed E-state index contributed by atoms with van der Waals surface area (Å²) in [4.78, 5) is 2.44. The van der Waals surface area contributed by atoms with Crippen LogP contribution in [0.3, 0.4) is 0 Å². The summed E-state index contributed by atoms with van der Waals surface area (Å²) in [5.74, 6) is -0.312. The van der Waals surface area contributed by atoms with Gasteiger partial charge in [-0.25, -0.2) is 4.39 Å². The van der Waals surface area contributed by atoms with E-state index in [-0.39, 0.29) is 10.8 Å². The van der Waals surface area contributed by atoms with Crippen molar-refractivity contribution in [3.8, 4) is 0 Å². The molecule has 0 N–H and O–H groups in total. The molecule has 0 aromatic heterocycles. The second kappa shape index (κ2) is 5.83. The first-order valence-corrected chi connectivity index (χ1v) is 6.05. The van der Waals surface area contributed by atoms with Crippen molar-refractivity contribution in [2.24, 2.45) is 0 Å². The van der Waals surface area contributed by atoms with E-state index in [2.05, 4.69) is 22.9 Å². The fourth-order valence-corrected chi connectivity index (χ4v) is 2.14. The molecule has 15 heavy (non-hydrogen) atoms. The lowest BCUT2D eigenvalue weighted by atomic mass is 10.2. The lowest BCUT2D eigenvalue weighted by molar-refractivity contribution is 0.327. The van der Waals surface area contributed by atoms with Gasteiger partial charge in [0.05, 0.1) is 5.02 Å². The van der Waals surface area contributed by atoms with Crippen LogP contribution < -0.4 is 0 Å². The summed E-state index contributed by atoms with van der Waals surface area (Å²) in [5.41, 5.74) is 0.637. The van der Waals surface area contributed by atoms with Crippen LogP contribution in [-0.2, 0) is 6.54 Å². The maximum Gasteiger partial charge on any atom is 0.146 e. The van der Waals surface area contributed by atoms with Crippen molar-refractivity contribution in [2.45, 2.75) is 18.3 Å².